The van der Waals surface area contributed by atoms with Gasteiger partial charge in [-0.05, 0) is 72.4 Å². The summed E-state index contributed by atoms with van der Waals surface area (Å²) in [6.45, 7) is 7.45. The van der Waals surface area contributed by atoms with Gasteiger partial charge in [-0.2, -0.15) is 0 Å². The molecule has 4 aliphatic rings. The Hall–Kier alpha value is -5.45. The number of anilines is 2. The molecular formula is C37H29F3N2O6. The van der Waals surface area contributed by atoms with E-state index in [0.29, 0.717) is 16.9 Å². The van der Waals surface area contributed by atoms with E-state index in [0.717, 1.165) is 39.1 Å². The van der Waals surface area contributed by atoms with E-state index in [1.165, 1.54) is 0 Å². The van der Waals surface area contributed by atoms with Crippen LogP contribution in [0.15, 0.2) is 91.5 Å². The van der Waals surface area contributed by atoms with Gasteiger partial charge in [-0.25, -0.2) is 0 Å². The van der Waals surface area contributed by atoms with Crippen molar-refractivity contribution in [1.29, 1.82) is 0 Å². The number of allylic oxidation sites excluding steroid dienone is 2. The molecule has 2 aliphatic heterocycles. The summed E-state index contributed by atoms with van der Waals surface area (Å²) in [7, 11) is 0. The van der Waals surface area contributed by atoms with Crippen LogP contribution in [0.3, 0.4) is 0 Å². The number of alkyl halides is 3. The summed E-state index contributed by atoms with van der Waals surface area (Å²) in [4.78, 5) is 58.5. The Morgan fingerprint density at radius 3 is 1.81 bits per heavy atom. The molecule has 0 radical (unpaired) electrons. The van der Waals surface area contributed by atoms with E-state index >= 15 is 0 Å². The maximum Gasteiger partial charge on any atom is 0.573 e. The first-order chi connectivity index (χ1) is 22.9. The van der Waals surface area contributed by atoms with Crippen LogP contribution in [-0.4, -0.2) is 35.1 Å². The van der Waals surface area contributed by atoms with Crippen molar-refractivity contribution in [3.63, 3.8) is 0 Å². The van der Waals surface area contributed by atoms with Crippen LogP contribution in [0.1, 0.15) is 35.4 Å². The second kappa shape index (κ2) is 11.4. The molecule has 1 saturated carbocycles. The molecule has 11 heteroatoms. The molecule has 3 aromatic carbocycles. The number of hydrogen-bond acceptors (Lipinski definition) is 6. The molecule has 6 atom stereocenters. The average molecular weight is 655 g/mol. The molecule has 2 aliphatic carbocycles. The first-order valence-electron chi connectivity index (χ1n) is 15.4. The molecule has 0 spiro atoms. The van der Waals surface area contributed by atoms with Gasteiger partial charge in [0.2, 0.25) is 23.6 Å². The molecule has 2 saturated heterocycles. The van der Waals surface area contributed by atoms with E-state index in [4.69, 9.17) is 0 Å². The number of phenolic OH excluding ortho intramolecular Hbond substituents is 1. The quantitative estimate of drug-likeness (QED) is 0.237. The van der Waals surface area contributed by atoms with Gasteiger partial charge in [-0.1, -0.05) is 61.2 Å². The number of aromatic hydroxyl groups is 1. The number of rotatable bonds is 6. The summed E-state index contributed by atoms with van der Waals surface area (Å²) in [5, 5.41) is 11.1. The van der Waals surface area contributed by atoms with Gasteiger partial charge in [0.1, 0.15) is 11.5 Å². The number of carbonyl (C=O) groups is 4. The third-order valence-corrected chi connectivity index (χ3v) is 9.99. The van der Waals surface area contributed by atoms with Crippen molar-refractivity contribution in [3.05, 3.63) is 108 Å². The zero-order valence-electron chi connectivity index (χ0n) is 25.4. The van der Waals surface area contributed by atoms with E-state index in [9.17, 15) is 37.5 Å². The Kier molecular flexibility index (Phi) is 7.38. The third-order valence-electron chi connectivity index (χ3n) is 9.99. The number of carbonyl (C=O) groups excluding carboxylic acids is 4. The van der Waals surface area contributed by atoms with E-state index in [1.807, 2.05) is 0 Å². The predicted molar refractivity (Wildman–Crippen MR) is 170 cm³/mol. The van der Waals surface area contributed by atoms with Crippen LogP contribution in [0.4, 0.5) is 24.5 Å². The molecule has 1 N–H and O–H groups in total. The van der Waals surface area contributed by atoms with Crippen LogP contribution in [0.2, 0.25) is 0 Å². The lowest BCUT2D eigenvalue weighted by molar-refractivity contribution is -0.274. The molecule has 0 aromatic heterocycles. The zero-order chi connectivity index (χ0) is 34.1. The number of halogens is 3. The van der Waals surface area contributed by atoms with E-state index in [-0.39, 0.29) is 18.4 Å². The summed E-state index contributed by atoms with van der Waals surface area (Å²) < 4.78 is 44.0. The van der Waals surface area contributed by atoms with Crippen molar-refractivity contribution in [3.8, 4) is 11.5 Å². The highest BCUT2D eigenvalue weighted by molar-refractivity contribution is 6.24. The number of phenols is 1. The number of benzene rings is 3. The Bertz CT molecular complexity index is 1920. The van der Waals surface area contributed by atoms with Crippen molar-refractivity contribution in [2.45, 2.75) is 25.1 Å². The lowest BCUT2D eigenvalue weighted by atomic mass is 9.57. The van der Waals surface area contributed by atoms with Gasteiger partial charge in [0.15, 0.2) is 0 Å². The molecule has 0 bridgehead atoms. The standard InChI is InChI=1S/C37H29F3N2O6/c1-3-19-5-9-21(10-6-19)41-33(44)25-15-14-24-26(31(25)35(41)46)18-28-32(30(24)27-17-23(13-16-29(27)43)48-37(38,39)40)36(47)42(34(28)45)22-11-7-20(4-2)8-12-22/h3-14,16-17,25-26,28,30-32,43H,1-2,15,18H2/t25-,26+,28+,30+,31-,32+/m0/s1. The number of hydrogen-bond donors (Lipinski definition) is 1. The van der Waals surface area contributed by atoms with Crippen LogP contribution in [0.25, 0.3) is 12.2 Å². The second-order valence-electron chi connectivity index (χ2n) is 12.4. The molecule has 3 aromatic rings. The largest absolute Gasteiger partial charge is 0.573 e. The van der Waals surface area contributed by atoms with Crippen molar-refractivity contribution in [2.75, 3.05) is 9.80 Å². The van der Waals surface area contributed by atoms with Crippen LogP contribution in [0.5, 0.6) is 11.5 Å². The van der Waals surface area contributed by atoms with Gasteiger partial charge in [0.25, 0.3) is 0 Å². The van der Waals surface area contributed by atoms with Gasteiger partial charge < -0.3 is 9.84 Å². The van der Waals surface area contributed by atoms with Gasteiger partial charge in [-0.15, -0.1) is 13.2 Å². The fourth-order valence-electron chi connectivity index (χ4n) is 7.94. The molecule has 7 rings (SSSR count). The lowest BCUT2D eigenvalue weighted by Crippen LogP contribution is -2.43. The lowest BCUT2D eigenvalue weighted by Gasteiger charge is -2.44. The summed E-state index contributed by atoms with van der Waals surface area (Å²) in [5.74, 6) is -8.49. The molecule has 244 valence electrons. The monoisotopic (exact) mass is 654 g/mol. The van der Waals surface area contributed by atoms with E-state index in [2.05, 4.69) is 17.9 Å². The average Bonchev–Trinajstić information content (AvgIpc) is 3.47. The number of amides is 4. The molecule has 8 nitrogen and oxygen atoms in total. The molecule has 3 fully saturated rings. The van der Waals surface area contributed by atoms with Crippen molar-refractivity contribution in [2.24, 2.45) is 29.6 Å². The van der Waals surface area contributed by atoms with Gasteiger partial charge in [-0.3, -0.25) is 29.0 Å². The molecule has 48 heavy (non-hydrogen) atoms. The number of fused-ring (bicyclic) bond motifs is 4. The Labute approximate surface area is 273 Å². The fraction of sp³-hybridized carbons (Fsp3) is 0.243. The van der Waals surface area contributed by atoms with Crippen LogP contribution in [0, 0.1) is 29.6 Å². The fourth-order valence-corrected chi connectivity index (χ4v) is 7.94. The minimum absolute atomic E-state index is 0.0419. The van der Waals surface area contributed by atoms with E-state index in [1.54, 1.807) is 66.8 Å². The molecule has 0 unspecified atom stereocenters. The Morgan fingerprint density at radius 1 is 0.729 bits per heavy atom. The van der Waals surface area contributed by atoms with Gasteiger partial charge >= 0.3 is 6.36 Å². The molecular weight excluding hydrogens is 625 g/mol. The Morgan fingerprint density at radius 2 is 1.27 bits per heavy atom. The zero-order valence-corrected chi connectivity index (χ0v) is 25.4. The smallest absolute Gasteiger partial charge is 0.508 e. The Balaban J connectivity index is 1.34. The highest BCUT2D eigenvalue weighted by Crippen LogP contribution is 2.59. The highest BCUT2D eigenvalue weighted by atomic mass is 19.4. The normalized spacial score (nSPS) is 26.5. The first kappa shape index (κ1) is 31.2. The predicted octanol–water partition coefficient (Wildman–Crippen LogP) is 6.62. The van der Waals surface area contributed by atoms with Crippen LogP contribution < -0.4 is 14.5 Å². The van der Waals surface area contributed by atoms with Crippen molar-refractivity contribution >= 4 is 47.2 Å². The summed E-state index contributed by atoms with van der Waals surface area (Å²) in [5.41, 5.74) is 2.72. The number of imide groups is 2. The first-order valence-corrected chi connectivity index (χ1v) is 15.4. The van der Waals surface area contributed by atoms with Gasteiger partial charge in [0.05, 0.1) is 35.0 Å². The third kappa shape index (κ3) is 4.92. The molecule has 2 heterocycles. The molecule has 4 amide bonds. The maximum atomic E-state index is 14.3. The van der Waals surface area contributed by atoms with Crippen molar-refractivity contribution in [1.82, 2.24) is 0 Å². The number of ether oxygens (including phenoxy) is 1. The number of nitrogens with zero attached hydrogens (tertiary/aromatic N) is 2. The highest BCUT2D eigenvalue weighted by Gasteiger charge is 2.62. The second-order valence-corrected chi connectivity index (χ2v) is 12.4. The minimum Gasteiger partial charge on any atom is -0.508 e. The van der Waals surface area contributed by atoms with E-state index < -0.39 is 77.0 Å². The SMILES string of the molecule is C=Cc1ccc(N2C(=O)[C@H]3[C@H](CC=C4[C@H]3C[C@H]3C(=O)N(c5ccc(C=C)cc5)C(=O)[C@H]3[C@H]4c3cc(OC(F)(F)F)ccc3O)C2=O)cc1. The van der Waals surface area contributed by atoms with Crippen LogP contribution >= 0.6 is 0 Å². The summed E-state index contributed by atoms with van der Waals surface area (Å²) >= 11 is 0. The van der Waals surface area contributed by atoms with Gasteiger partial charge in [0, 0.05) is 11.5 Å². The topological polar surface area (TPSA) is 104 Å². The summed E-state index contributed by atoms with van der Waals surface area (Å²) in [6.07, 6.45) is 0.148. The van der Waals surface area contributed by atoms with Crippen LogP contribution in [-0.2, 0) is 19.2 Å². The maximum absolute atomic E-state index is 14.3. The minimum atomic E-state index is -5.03. The van der Waals surface area contributed by atoms with Crippen molar-refractivity contribution < 1.29 is 42.2 Å². The summed E-state index contributed by atoms with van der Waals surface area (Å²) in [6, 6.07) is 16.4.